The van der Waals surface area contributed by atoms with Gasteiger partial charge in [-0.25, -0.2) is 0 Å². The van der Waals surface area contributed by atoms with E-state index >= 15 is 0 Å². The Bertz CT molecular complexity index is 819. The molecule has 23 heavy (non-hydrogen) atoms. The number of pyridine rings is 1. The van der Waals surface area contributed by atoms with Crippen LogP contribution in [0, 0.1) is 0 Å². The Labute approximate surface area is 140 Å². The summed E-state index contributed by atoms with van der Waals surface area (Å²) < 4.78 is 0. The number of aromatic hydroxyl groups is 1. The highest BCUT2D eigenvalue weighted by molar-refractivity contribution is 6.32. The number of fused-ring (bicyclic) bond motifs is 1. The highest BCUT2D eigenvalue weighted by atomic mass is 35.5. The van der Waals surface area contributed by atoms with Crippen molar-refractivity contribution in [3.05, 3.63) is 70.9 Å². The van der Waals surface area contributed by atoms with Gasteiger partial charge in [-0.15, -0.1) is 0 Å². The fourth-order valence-corrected chi connectivity index (χ4v) is 3.05. The second kappa shape index (κ2) is 6.99. The summed E-state index contributed by atoms with van der Waals surface area (Å²) in [5.74, 6) is 0.314. The van der Waals surface area contributed by atoms with Crippen molar-refractivity contribution in [2.45, 2.75) is 25.9 Å². The van der Waals surface area contributed by atoms with Crippen LogP contribution < -0.4 is 5.32 Å². The molecule has 0 bridgehead atoms. The summed E-state index contributed by atoms with van der Waals surface area (Å²) in [6.45, 7) is 2.69. The molecule has 1 heterocycles. The van der Waals surface area contributed by atoms with Crippen LogP contribution in [0.25, 0.3) is 10.9 Å². The summed E-state index contributed by atoms with van der Waals surface area (Å²) in [7, 11) is 0. The van der Waals surface area contributed by atoms with E-state index in [1.165, 1.54) is 0 Å². The van der Waals surface area contributed by atoms with Crippen LogP contribution in [0.5, 0.6) is 5.75 Å². The summed E-state index contributed by atoms with van der Waals surface area (Å²) in [6.07, 6.45) is 2.65. The van der Waals surface area contributed by atoms with E-state index in [1.54, 1.807) is 12.3 Å². The first-order chi connectivity index (χ1) is 11.2. The van der Waals surface area contributed by atoms with E-state index in [2.05, 4.69) is 17.2 Å². The quantitative estimate of drug-likeness (QED) is 0.705. The molecule has 1 atom stereocenters. The molecule has 0 spiro atoms. The van der Waals surface area contributed by atoms with Gasteiger partial charge in [-0.05, 0) is 24.6 Å². The third kappa shape index (κ3) is 3.31. The predicted octanol–water partition coefficient (Wildman–Crippen LogP) is 4.83. The van der Waals surface area contributed by atoms with E-state index in [0.29, 0.717) is 17.3 Å². The van der Waals surface area contributed by atoms with Crippen LogP contribution >= 0.6 is 11.6 Å². The van der Waals surface area contributed by atoms with E-state index in [1.807, 2.05) is 42.5 Å². The second-order valence-corrected chi connectivity index (χ2v) is 5.91. The SMILES string of the molecule is CCC(NCc1c(Cl)ccc2cccnc12)c1ccccc1O. The summed E-state index contributed by atoms with van der Waals surface area (Å²) >= 11 is 6.38. The molecule has 2 N–H and O–H groups in total. The van der Waals surface area contributed by atoms with Gasteiger partial charge in [0.1, 0.15) is 5.75 Å². The molecule has 3 aromatic rings. The van der Waals surface area contributed by atoms with E-state index in [9.17, 15) is 5.11 Å². The van der Waals surface area contributed by atoms with E-state index in [4.69, 9.17) is 11.6 Å². The molecule has 3 rings (SSSR count). The van der Waals surface area contributed by atoms with Crippen molar-refractivity contribution in [3.8, 4) is 5.75 Å². The first kappa shape index (κ1) is 15.8. The zero-order valence-corrected chi connectivity index (χ0v) is 13.7. The minimum atomic E-state index is 0.0613. The minimum absolute atomic E-state index is 0.0613. The molecular weight excluding hydrogens is 308 g/mol. The number of benzene rings is 2. The van der Waals surface area contributed by atoms with Crippen LogP contribution in [0.1, 0.15) is 30.5 Å². The summed E-state index contributed by atoms with van der Waals surface area (Å²) in [5, 5.41) is 15.3. The predicted molar refractivity (Wildman–Crippen MR) is 94.7 cm³/mol. The Hall–Kier alpha value is -2.10. The lowest BCUT2D eigenvalue weighted by Gasteiger charge is -2.19. The average Bonchev–Trinajstić information content (AvgIpc) is 2.58. The smallest absolute Gasteiger partial charge is 0.120 e. The van der Waals surface area contributed by atoms with Gasteiger partial charge in [0.05, 0.1) is 5.52 Å². The van der Waals surface area contributed by atoms with Gasteiger partial charge in [0.25, 0.3) is 0 Å². The number of phenols is 1. The zero-order valence-electron chi connectivity index (χ0n) is 13.0. The number of nitrogens with zero attached hydrogens (tertiary/aromatic N) is 1. The Morgan fingerprint density at radius 1 is 1.13 bits per heavy atom. The molecule has 0 aliphatic carbocycles. The lowest BCUT2D eigenvalue weighted by molar-refractivity contribution is 0.441. The van der Waals surface area contributed by atoms with Crippen LogP contribution in [0.4, 0.5) is 0 Å². The monoisotopic (exact) mass is 326 g/mol. The van der Waals surface area contributed by atoms with Gasteiger partial charge >= 0.3 is 0 Å². The Morgan fingerprint density at radius 3 is 2.74 bits per heavy atom. The largest absolute Gasteiger partial charge is 0.508 e. The molecule has 0 aliphatic heterocycles. The van der Waals surface area contributed by atoms with Crippen molar-refractivity contribution in [2.24, 2.45) is 0 Å². The maximum atomic E-state index is 10.1. The topological polar surface area (TPSA) is 45.2 Å². The van der Waals surface area contributed by atoms with Crippen LogP contribution in [0.3, 0.4) is 0 Å². The average molecular weight is 327 g/mol. The highest BCUT2D eigenvalue weighted by Gasteiger charge is 2.14. The maximum Gasteiger partial charge on any atom is 0.120 e. The minimum Gasteiger partial charge on any atom is -0.508 e. The molecule has 0 radical (unpaired) electrons. The fraction of sp³-hybridized carbons (Fsp3) is 0.211. The van der Waals surface area contributed by atoms with Crippen molar-refractivity contribution in [2.75, 3.05) is 0 Å². The van der Waals surface area contributed by atoms with Crippen molar-refractivity contribution in [1.29, 1.82) is 0 Å². The lowest BCUT2D eigenvalue weighted by Crippen LogP contribution is -2.20. The van der Waals surface area contributed by atoms with Crippen LogP contribution in [0.2, 0.25) is 5.02 Å². The molecule has 0 fully saturated rings. The van der Waals surface area contributed by atoms with Crippen molar-refractivity contribution >= 4 is 22.5 Å². The number of nitrogens with one attached hydrogen (secondary N) is 1. The number of hydrogen-bond acceptors (Lipinski definition) is 3. The van der Waals surface area contributed by atoms with Crippen molar-refractivity contribution in [1.82, 2.24) is 10.3 Å². The van der Waals surface area contributed by atoms with Gasteiger partial charge in [0.2, 0.25) is 0 Å². The lowest BCUT2D eigenvalue weighted by atomic mass is 10.0. The number of hydrogen-bond donors (Lipinski definition) is 2. The first-order valence-corrected chi connectivity index (χ1v) is 8.12. The van der Waals surface area contributed by atoms with E-state index in [0.717, 1.165) is 28.5 Å². The molecule has 3 nitrogen and oxygen atoms in total. The van der Waals surface area contributed by atoms with Gasteiger partial charge in [-0.2, -0.15) is 0 Å². The number of halogens is 1. The molecule has 4 heteroatoms. The Morgan fingerprint density at radius 2 is 1.96 bits per heavy atom. The number of phenolic OH excluding ortho intramolecular Hbond substituents is 1. The van der Waals surface area contributed by atoms with Crippen LogP contribution in [-0.4, -0.2) is 10.1 Å². The van der Waals surface area contributed by atoms with Gasteiger partial charge in [0.15, 0.2) is 0 Å². The van der Waals surface area contributed by atoms with Crippen molar-refractivity contribution < 1.29 is 5.11 Å². The number of rotatable bonds is 5. The molecule has 0 saturated heterocycles. The summed E-state index contributed by atoms with van der Waals surface area (Å²) in [6, 6.07) is 15.3. The number of para-hydroxylation sites is 1. The highest BCUT2D eigenvalue weighted by Crippen LogP contribution is 2.28. The Kier molecular flexibility index (Phi) is 4.79. The number of aromatic nitrogens is 1. The first-order valence-electron chi connectivity index (χ1n) is 7.74. The van der Waals surface area contributed by atoms with Crippen LogP contribution in [0.15, 0.2) is 54.7 Å². The second-order valence-electron chi connectivity index (χ2n) is 5.50. The standard InChI is InChI=1S/C19H19ClN2O/c1-2-17(14-7-3-4-8-18(14)23)22-12-15-16(20)10-9-13-6-5-11-21-19(13)15/h3-11,17,22-23H,2,12H2,1H3. The van der Waals surface area contributed by atoms with Gasteiger partial charge in [-0.1, -0.05) is 48.9 Å². The molecule has 1 aromatic heterocycles. The fourth-order valence-electron chi connectivity index (χ4n) is 2.83. The third-order valence-corrected chi connectivity index (χ3v) is 4.42. The molecule has 0 aliphatic rings. The third-order valence-electron chi connectivity index (χ3n) is 4.07. The van der Waals surface area contributed by atoms with Gasteiger partial charge in [0, 0.05) is 40.3 Å². The molecule has 1 unspecified atom stereocenters. The van der Waals surface area contributed by atoms with E-state index < -0.39 is 0 Å². The Balaban J connectivity index is 1.88. The van der Waals surface area contributed by atoms with Crippen molar-refractivity contribution in [3.63, 3.8) is 0 Å². The summed E-state index contributed by atoms with van der Waals surface area (Å²) in [5.41, 5.74) is 2.80. The zero-order chi connectivity index (χ0) is 16.2. The maximum absolute atomic E-state index is 10.1. The van der Waals surface area contributed by atoms with Gasteiger partial charge < -0.3 is 10.4 Å². The normalized spacial score (nSPS) is 12.4. The van der Waals surface area contributed by atoms with Crippen LogP contribution in [-0.2, 0) is 6.54 Å². The van der Waals surface area contributed by atoms with E-state index in [-0.39, 0.29) is 6.04 Å². The van der Waals surface area contributed by atoms with Gasteiger partial charge in [-0.3, -0.25) is 4.98 Å². The molecule has 118 valence electrons. The molecule has 2 aromatic carbocycles. The summed E-state index contributed by atoms with van der Waals surface area (Å²) in [4.78, 5) is 4.46. The molecular formula is C19H19ClN2O. The molecule has 0 amide bonds. The molecule has 0 saturated carbocycles.